The highest BCUT2D eigenvalue weighted by molar-refractivity contribution is 5.84. The van der Waals surface area contributed by atoms with Crippen molar-refractivity contribution in [1.29, 1.82) is 0 Å². The monoisotopic (exact) mass is 284 g/mol. The van der Waals surface area contributed by atoms with Crippen LogP contribution in [0.4, 0.5) is 0 Å². The lowest BCUT2D eigenvalue weighted by Crippen LogP contribution is -2.09. The summed E-state index contributed by atoms with van der Waals surface area (Å²) in [7, 11) is 0. The van der Waals surface area contributed by atoms with Gasteiger partial charge >= 0.3 is 5.97 Å². The molecular weight excluding hydrogens is 268 g/mol. The number of aromatic nitrogens is 2. The van der Waals surface area contributed by atoms with Crippen LogP contribution in [0.5, 0.6) is 5.75 Å². The number of carbonyl (C=O) groups is 1. The minimum atomic E-state index is -0.433. The van der Waals surface area contributed by atoms with Crippen molar-refractivity contribution in [2.75, 3.05) is 0 Å². The van der Waals surface area contributed by atoms with Crippen LogP contribution in [-0.2, 0) is 4.79 Å². The second-order valence-electron chi connectivity index (χ2n) is 4.91. The van der Waals surface area contributed by atoms with E-state index in [0.29, 0.717) is 22.8 Å². The average molecular weight is 284 g/mol. The van der Waals surface area contributed by atoms with E-state index in [0.717, 1.165) is 5.57 Å². The lowest BCUT2D eigenvalue weighted by molar-refractivity contribution is -0.129. The van der Waals surface area contributed by atoms with Crippen molar-refractivity contribution in [2.45, 2.75) is 20.8 Å². The molecule has 1 heterocycles. The number of H-pyrrole nitrogens is 1. The van der Waals surface area contributed by atoms with Crippen LogP contribution in [0.25, 0.3) is 11.4 Å². The zero-order valence-electron chi connectivity index (χ0n) is 12.1. The van der Waals surface area contributed by atoms with Crippen molar-refractivity contribution in [1.82, 2.24) is 9.97 Å². The molecule has 0 bridgehead atoms. The number of nitrogens with one attached hydrogen (secondary N) is 1. The van der Waals surface area contributed by atoms with Gasteiger partial charge in [0, 0.05) is 23.4 Å². The molecule has 0 unspecified atom stereocenters. The van der Waals surface area contributed by atoms with Gasteiger partial charge in [-0.1, -0.05) is 17.7 Å². The predicted octanol–water partition coefficient (Wildman–Crippen LogP) is 2.62. The first kappa shape index (κ1) is 14.7. The van der Waals surface area contributed by atoms with Crippen LogP contribution < -0.4 is 10.3 Å². The number of ether oxygens (including phenoxy) is 1. The van der Waals surface area contributed by atoms with Gasteiger partial charge in [-0.15, -0.1) is 0 Å². The van der Waals surface area contributed by atoms with Gasteiger partial charge < -0.3 is 9.72 Å². The fourth-order valence-corrected chi connectivity index (χ4v) is 1.80. The molecule has 5 heteroatoms. The minimum Gasteiger partial charge on any atom is -0.423 e. The third-order valence-corrected chi connectivity index (χ3v) is 2.60. The first-order valence-corrected chi connectivity index (χ1v) is 6.49. The minimum absolute atomic E-state index is 0.218. The van der Waals surface area contributed by atoms with Gasteiger partial charge in [-0.2, -0.15) is 0 Å². The summed E-state index contributed by atoms with van der Waals surface area (Å²) in [5, 5.41) is 0. The fourth-order valence-electron chi connectivity index (χ4n) is 1.80. The van der Waals surface area contributed by atoms with Gasteiger partial charge in [0.2, 0.25) is 0 Å². The molecule has 1 N–H and O–H groups in total. The molecule has 1 aromatic carbocycles. The summed E-state index contributed by atoms with van der Waals surface area (Å²) in [5.74, 6) is 0.414. The third-order valence-electron chi connectivity index (χ3n) is 2.60. The van der Waals surface area contributed by atoms with Crippen LogP contribution in [0, 0.1) is 6.92 Å². The number of hydrogen-bond acceptors (Lipinski definition) is 4. The Hall–Kier alpha value is -2.69. The summed E-state index contributed by atoms with van der Waals surface area (Å²) < 4.78 is 5.21. The Balaban J connectivity index is 2.31. The molecule has 5 nitrogen and oxygen atoms in total. The topological polar surface area (TPSA) is 72.0 Å². The number of esters is 1. The van der Waals surface area contributed by atoms with E-state index in [1.165, 1.54) is 12.1 Å². The largest absolute Gasteiger partial charge is 0.423 e. The number of carbonyl (C=O) groups excluding carboxylic acids is 1. The van der Waals surface area contributed by atoms with Gasteiger partial charge in [0.05, 0.1) is 0 Å². The van der Waals surface area contributed by atoms with E-state index in [2.05, 4.69) is 9.97 Å². The Labute approximate surface area is 122 Å². The van der Waals surface area contributed by atoms with Crippen LogP contribution in [0.1, 0.15) is 19.5 Å². The van der Waals surface area contributed by atoms with E-state index < -0.39 is 5.97 Å². The highest BCUT2D eigenvalue weighted by Crippen LogP contribution is 2.20. The van der Waals surface area contributed by atoms with Crippen molar-refractivity contribution >= 4 is 5.97 Å². The molecule has 0 aliphatic carbocycles. The fraction of sp³-hybridized carbons (Fsp3) is 0.188. The maximum Gasteiger partial charge on any atom is 0.336 e. The molecule has 2 rings (SSSR count). The number of aryl methyl sites for hydroxylation is 1. The van der Waals surface area contributed by atoms with Crippen molar-refractivity contribution in [2.24, 2.45) is 0 Å². The molecule has 21 heavy (non-hydrogen) atoms. The highest BCUT2D eigenvalue weighted by Gasteiger charge is 2.06. The summed E-state index contributed by atoms with van der Waals surface area (Å²) in [6, 6.07) is 8.28. The van der Waals surface area contributed by atoms with Gasteiger partial charge in [-0.3, -0.25) is 4.79 Å². The van der Waals surface area contributed by atoms with Gasteiger partial charge in [0.15, 0.2) is 0 Å². The molecule has 0 fully saturated rings. The SMILES string of the molecule is CC(C)=CC(=O)Oc1cccc(-c2nc(C)cc(=O)[nH]2)c1. The summed E-state index contributed by atoms with van der Waals surface area (Å²) in [4.78, 5) is 30.0. The molecule has 0 saturated heterocycles. The van der Waals surface area contributed by atoms with Crippen molar-refractivity contribution in [3.05, 3.63) is 58.0 Å². The van der Waals surface area contributed by atoms with Gasteiger partial charge in [-0.25, -0.2) is 9.78 Å². The zero-order chi connectivity index (χ0) is 15.4. The van der Waals surface area contributed by atoms with E-state index in [-0.39, 0.29) is 5.56 Å². The Morgan fingerprint density at radius 3 is 2.71 bits per heavy atom. The predicted molar refractivity (Wildman–Crippen MR) is 80.1 cm³/mol. The summed E-state index contributed by atoms with van der Waals surface area (Å²) >= 11 is 0. The summed E-state index contributed by atoms with van der Waals surface area (Å²) in [6.45, 7) is 5.38. The van der Waals surface area contributed by atoms with Gasteiger partial charge in [0.25, 0.3) is 5.56 Å². The van der Waals surface area contributed by atoms with E-state index in [9.17, 15) is 9.59 Å². The van der Waals surface area contributed by atoms with Crippen molar-refractivity contribution in [3.63, 3.8) is 0 Å². The number of nitrogens with zero attached hydrogens (tertiary/aromatic N) is 1. The molecule has 0 spiro atoms. The second-order valence-corrected chi connectivity index (χ2v) is 4.91. The molecular formula is C16H16N2O3. The van der Waals surface area contributed by atoms with Gasteiger partial charge in [-0.05, 0) is 32.9 Å². The zero-order valence-corrected chi connectivity index (χ0v) is 12.1. The maximum atomic E-state index is 11.6. The molecule has 2 aromatic rings. The smallest absolute Gasteiger partial charge is 0.336 e. The molecule has 0 atom stereocenters. The second kappa shape index (κ2) is 6.17. The normalized spacial score (nSPS) is 10.0. The highest BCUT2D eigenvalue weighted by atomic mass is 16.5. The first-order valence-electron chi connectivity index (χ1n) is 6.49. The number of benzene rings is 1. The number of rotatable bonds is 3. The quantitative estimate of drug-likeness (QED) is 0.534. The van der Waals surface area contributed by atoms with Crippen LogP contribution in [0.15, 0.2) is 46.8 Å². The molecule has 1 aromatic heterocycles. The maximum absolute atomic E-state index is 11.6. The molecule has 108 valence electrons. The molecule has 0 radical (unpaired) electrons. The Bertz CT molecular complexity index is 756. The van der Waals surface area contributed by atoms with Crippen LogP contribution in [0.3, 0.4) is 0 Å². The number of aromatic amines is 1. The van der Waals surface area contributed by atoms with E-state index in [1.54, 1.807) is 31.2 Å². The van der Waals surface area contributed by atoms with Gasteiger partial charge in [0.1, 0.15) is 11.6 Å². The van der Waals surface area contributed by atoms with E-state index >= 15 is 0 Å². The molecule has 0 amide bonds. The van der Waals surface area contributed by atoms with Crippen LogP contribution >= 0.6 is 0 Å². The average Bonchev–Trinajstić information content (AvgIpc) is 2.36. The lowest BCUT2D eigenvalue weighted by Gasteiger charge is -2.05. The molecule has 0 saturated carbocycles. The number of hydrogen-bond donors (Lipinski definition) is 1. The summed E-state index contributed by atoms with van der Waals surface area (Å²) in [5.41, 5.74) is 1.95. The third kappa shape index (κ3) is 4.14. The van der Waals surface area contributed by atoms with Crippen molar-refractivity contribution < 1.29 is 9.53 Å². The van der Waals surface area contributed by atoms with E-state index in [1.807, 2.05) is 13.8 Å². The van der Waals surface area contributed by atoms with E-state index in [4.69, 9.17) is 4.74 Å². The standard InChI is InChI=1S/C16H16N2O3/c1-10(2)7-15(20)21-13-6-4-5-12(9-13)16-17-11(3)8-14(19)18-16/h4-9H,1-3H3,(H,17,18,19). The van der Waals surface area contributed by atoms with Crippen molar-refractivity contribution in [3.8, 4) is 17.1 Å². The summed E-state index contributed by atoms with van der Waals surface area (Å²) in [6.07, 6.45) is 1.42. The Morgan fingerprint density at radius 2 is 2.05 bits per heavy atom. The molecule has 0 aliphatic rings. The van der Waals surface area contributed by atoms with Crippen LogP contribution in [-0.4, -0.2) is 15.9 Å². The Morgan fingerprint density at radius 1 is 1.29 bits per heavy atom. The number of allylic oxidation sites excluding steroid dienone is 1. The van der Waals surface area contributed by atoms with Crippen LogP contribution in [0.2, 0.25) is 0 Å². The molecule has 0 aliphatic heterocycles. The lowest BCUT2D eigenvalue weighted by atomic mass is 10.2. The Kier molecular flexibility index (Phi) is 4.33. The first-order chi connectivity index (χ1) is 9.94.